The number of nitrogens with one attached hydrogen (secondary N) is 1. The maximum absolute atomic E-state index is 11.1. The maximum Gasteiger partial charge on any atom is 0.237 e. The van der Waals surface area contributed by atoms with Crippen molar-refractivity contribution < 1.29 is 4.79 Å². The minimum Gasteiger partial charge on any atom is -0.309 e. The van der Waals surface area contributed by atoms with E-state index < -0.39 is 0 Å². The van der Waals surface area contributed by atoms with Crippen LogP contribution in [0.5, 0.6) is 0 Å². The molecule has 0 aliphatic carbocycles. The van der Waals surface area contributed by atoms with E-state index in [-0.39, 0.29) is 12.3 Å². The van der Waals surface area contributed by atoms with Crippen molar-refractivity contribution in [2.24, 2.45) is 0 Å². The van der Waals surface area contributed by atoms with Gasteiger partial charge in [0.2, 0.25) is 5.91 Å². The van der Waals surface area contributed by atoms with Crippen LogP contribution < -0.4 is 5.32 Å². The lowest BCUT2D eigenvalue weighted by molar-refractivity contribution is -0.115. The molecule has 13 heavy (non-hydrogen) atoms. The Morgan fingerprint density at radius 3 is 3.15 bits per heavy atom. The zero-order valence-electron chi connectivity index (χ0n) is 6.75. The van der Waals surface area contributed by atoms with Crippen LogP contribution in [-0.4, -0.2) is 10.9 Å². The molecule has 0 fully saturated rings. The van der Waals surface area contributed by atoms with E-state index in [0.717, 1.165) is 4.47 Å². The van der Waals surface area contributed by atoms with Gasteiger partial charge in [-0.3, -0.25) is 4.79 Å². The normalized spacial score (nSPS) is 8.92. The van der Waals surface area contributed by atoms with E-state index in [2.05, 4.69) is 32.2 Å². The summed E-state index contributed by atoms with van der Waals surface area (Å²) in [6, 6.07) is 3.55. The zero-order valence-corrected chi connectivity index (χ0v) is 8.34. The average molecular weight is 239 g/mol. The van der Waals surface area contributed by atoms with Crippen molar-refractivity contribution in [2.75, 3.05) is 5.32 Å². The van der Waals surface area contributed by atoms with Crippen molar-refractivity contribution in [3.8, 4) is 12.3 Å². The molecular weight excluding hydrogens is 232 g/mol. The standard InChI is InChI=1S/C9H7BrN2O/c1-2-4-8(13)12-9-7(10)5-3-6-11-9/h1,3,5-6H,4H2,(H,11,12,13). The Kier molecular flexibility index (Phi) is 3.47. The fourth-order valence-corrected chi connectivity index (χ4v) is 1.10. The van der Waals surface area contributed by atoms with Crippen molar-refractivity contribution in [3.05, 3.63) is 22.8 Å². The molecule has 0 aliphatic rings. The highest BCUT2D eigenvalue weighted by Crippen LogP contribution is 2.17. The van der Waals surface area contributed by atoms with E-state index in [1.54, 1.807) is 18.3 Å². The Labute approximate surface area is 84.7 Å². The molecule has 4 heteroatoms. The topological polar surface area (TPSA) is 42.0 Å². The number of terminal acetylenes is 1. The first-order valence-corrected chi connectivity index (χ1v) is 4.37. The Morgan fingerprint density at radius 2 is 2.54 bits per heavy atom. The van der Waals surface area contributed by atoms with Crippen LogP contribution in [-0.2, 0) is 4.79 Å². The molecule has 66 valence electrons. The summed E-state index contributed by atoms with van der Waals surface area (Å²) >= 11 is 3.25. The SMILES string of the molecule is C#CCC(=O)Nc1ncccc1Br. The number of carbonyl (C=O) groups is 1. The third-order valence-corrected chi connectivity index (χ3v) is 1.92. The summed E-state index contributed by atoms with van der Waals surface area (Å²) in [5, 5.41) is 2.57. The van der Waals surface area contributed by atoms with E-state index >= 15 is 0 Å². The number of nitrogens with zero attached hydrogens (tertiary/aromatic N) is 1. The third-order valence-electron chi connectivity index (χ3n) is 1.28. The van der Waals surface area contributed by atoms with Gasteiger partial charge in [0.1, 0.15) is 5.82 Å². The lowest BCUT2D eigenvalue weighted by Crippen LogP contribution is -2.11. The minimum absolute atomic E-state index is 0.0585. The second-order valence-electron chi connectivity index (χ2n) is 2.26. The second-order valence-corrected chi connectivity index (χ2v) is 3.12. The van der Waals surface area contributed by atoms with Crippen LogP contribution >= 0.6 is 15.9 Å². The van der Waals surface area contributed by atoms with Gasteiger partial charge in [-0.25, -0.2) is 4.98 Å². The first-order valence-electron chi connectivity index (χ1n) is 3.58. The first kappa shape index (κ1) is 9.75. The smallest absolute Gasteiger partial charge is 0.237 e. The molecule has 0 saturated heterocycles. The highest BCUT2D eigenvalue weighted by Gasteiger charge is 2.03. The van der Waals surface area contributed by atoms with Crippen LogP contribution in [0.15, 0.2) is 22.8 Å². The van der Waals surface area contributed by atoms with E-state index in [4.69, 9.17) is 6.42 Å². The molecule has 0 aromatic carbocycles. The van der Waals surface area contributed by atoms with Crippen molar-refractivity contribution in [1.29, 1.82) is 0 Å². The summed E-state index contributed by atoms with van der Waals surface area (Å²) in [5.74, 6) is 2.51. The lowest BCUT2D eigenvalue weighted by Gasteiger charge is -2.02. The molecule has 1 aromatic rings. The van der Waals surface area contributed by atoms with Crippen LogP contribution in [0.25, 0.3) is 0 Å². The average Bonchev–Trinajstić information content (AvgIpc) is 2.09. The summed E-state index contributed by atoms with van der Waals surface area (Å²) in [6.45, 7) is 0. The summed E-state index contributed by atoms with van der Waals surface area (Å²) in [6.07, 6.45) is 6.63. The Bertz CT molecular complexity index is 357. The van der Waals surface area contributed by atoms with Gasteiger partial charge in [0, 0.05) is 6.20 Å². The van der Waals surface area contributed by atoms with Crippen LogP contribution in [0.3, 0.4) is 0 Å². The van der Waals surface area contributed by atoms with Gasteiger partial charge < -0.3 is 5.32 Å². The quantitative estimate of drug-likeness (QED) is 0.799. The maximum atomic E-state index is 11.1. The van der Waals surface area contributed by atoms with Crippen LogP contribution in [0, 0.1) is 12.3 Å². The largest absolute Gasteiger partial charge is 0.309 e. The summed E-state index contributed by atoms with van der Waals surface area (Å²) < 4.78 is 0.736. The summed E-state index contributed by atoms with van der Waals surface area (Å²) in [7, 11) is 0. The molecule has 1 heterocycles. The number of amides is 1. The molecule has 1 rings (SSSR count). The lowest BCUT2D eigenvalue weighted by atomic mass is 10.4. The van der Waals surface area contributed by atoms with Crippen molar-refractivity contribution in [1.82, 2.24) is 4.98 Å². The van der Waals surface area contributed by atoms with Gasteiger partial charge >= 0.3 is 0 Å². The van der Waals surface area contributed by atoms with Gasteiger partial charge in [-0.2, -0.15) is 0 Å². The predicted molar refractivity (Wildman–Crippen MR) is 54.0 cm³/mol. The van der Waals surface area contributed by atoms with E-state index in [0.29, 0.717) is 5.82 Å². The Balaban J connectivity index is 2.70. The second kappa shape index (κ2) is 4.63. The molecule has 0 atom stereocenters. The number of pyridine rings is 1. The zero-order chi connectivity index (χ0) is 9.68. The highest BCUT2D eigenvalue weighted by molar-refractivity contribution is 9.10. The summed E-state index contributed by atoms with van der Waals surface area (Å²) in [5.41, 5.74) is 0. The number of anilines is 1. The molecule has 1 amide bonds. The van der Waals surface area contributed by atoms with Gasteiger partial charge in [-0.1, -0.05) is 5.92 Å². The van der Waals surface area contributed by atoms with E-state index in [1.807, 2.05) is 0 Å². The number of carbonyl (C=O) groups excluding carboxylic acids is 1. The molecule has 0 unspecified atom stereocenters. The van der Waals surface area contributed by atoms with Crippen LogP contribution in [0.4, 0.5) is 5.82 Å². The molecule has 3 nitrogen and oxygen atoms in total. The first-order chi connectivity index (χ1) is 6.24. The molecule has 1 aromatic heterocycles. The van der Waals surface area contributed by atoms with E-state index in [1.165, 1.54) is 0 Å². The molecule has 0 spiro atoms. The monoisotopic (exact) mass is 238 g/mol. The minimum atomic E-state index is -0.234. The van der Waals surface area contributed by atoms with Crippen LogP contribution in [0.1, 0.15) is 6.42 Å². The number of halogens is 1. The number of rotatable bonds is 2. The van der Waals surface area contributed by atoms with Gasteiger partial charge in [0.15, 0.2) is 0 Å². The van der Waals surface area contributed by atoms with Crippen LogP contribution in [0.2, 0.25) is 0 Å². The Hall–Kier alpha value is -1.34. The third kappa shape index (κ3) is 2.88. The molecule has 0 saturated carbocycles. The molecule has 0 aliphatic heterocycles. The van der Waals surface area contributed by atoms with Gasteiger partial charge in [0.25, 0.3) is 0 Å². The summed E-state index contributed by atoms with van der Waals surface area (Å²) in [4.78, 5) is 15.0. The van der Waals surface area contributed by atoms with Gasteiger partial charge in [-0.15, -0.1) is 6.42 Å². The molecule has 0 bridgehead atoms. The van der Waals surface area contributed by atoms with E-state index in [9.17, 15) is 4.79 Å². The number of hydrogen-bond acceptors (Lipinski definition) is 2. The van der Waals surface area contributed by atoms with Crippen molar-refractivity contribution in [2.45, 2.75) is 6.42 Å². The fraction of sp³-hybridized carbons (Fsp3) is 0.111. The highest BCUT2D eigenvalue weighted by atomic mass is 79.9. The van der Waals surface area contributed by atoms with Gasteiger partial charge in [-0.05, 0) is 28.1 Å². The Morgan fingerprint density at radius 1 is 1.77 bits per heavy atom. The number of hydrogen-bond donors (Lipinski definition) is 1. The molecule has 1 N–H and O–H groups in total. The van der Waals surface area contributed by atoms with Crippen molar-refractivity contribution >= 4 is 27.7 Å². The number of aromatic nitrogens is 1. The fourth-order valence-electron chi connectivity index (χ4n) is 0.747. The van der Waals surface area contributed by atoms with Crippen molar-refractivity contribution in [3.63, 3.8) is 0 Å². The van der Waals surface area contributed by atoms with Gasteiger partial charge in [0.05, 0.1) is 10.9 Å². The molecular formula is C9H7BrN2O. The predicted octanol–water partition coefficient (Wildman–Crippen LogP) is 1.81. The molecule has 0 radical (unpaired) electrons.